The molecule has 1 spiro atoms. The summed E-state index contributed by atoms with van der Waals surface area (Å²) in [6.07, 6.45) is 14.7. The van der Waals surface area contributed by atoms with Crippen LogP contribution >= 0.6 is 0 Å². The first-order valence-electron chi connectivity index (χ1n) is 17.1. The lowest BCUT2D eigenvalue weighted by atomic mass is 9.60. The summed E-state index contributed by atoms with van der Waals surface area (Å²) in [6.45, 7) is 12.2. The van der Waals surface area contributed by atoms with E-state index in [4.69, 9.17) is 13.9 Å². The molecule has 2 aliphatic rings. The van der Waals surface area contributed by atoms with Gasteiger partial charge in [0.15, 0.2) is 17.1 Å². The van der Waals surface area contributed by atoms with E-state index in [1.165, 1.54) is 7.11 Å². The minimum Gasteiger partial charge on any atom is -0.461 e. The summed E-state index contributed by atoms with van der Waals surface area (Å²) in [5.41, 5.74) is -3.80. The van der Waals surface area contributed by atoms with Crippen molar-refractivity contribution < 1.29 is 43.6 Å². The summed E-state index contributed by atoms with van der Waals surface area (Å²) >= 11 is 0. The number of Topliss-reactive ketones (excluding diaryl/α,β-unsaturated/α-hetero) is 1. The van der Waals surface area contributed by atoms with Gasteiger partial charge in [0.1, 0.15) is 17.5 Å². The Morgan fingerprint density at radius 1 is 1.14 bits per heavy atom. The predicted octanol–water partition coefficient (Wildman–Crippen LogP) is 3.07. The Bertz CT molecular complexity index is 1510. The molecular formula is C38H55N3O9. The van der Waals surface area contributed by atoms with Gasteiger partial charge in [0.05, 0.1) is 36.0 Å². The molecule has 0 aromatic carbocycles. The Hall–Kier alpha value is -3.68. The maximum atomic E-state index is 13.2. The average molecular weight is 698 g/mol. The van der Waals surface area contributed by atoms with E-state index < -0.39 is 64.7 Å². The van der Waals surface area contributed by atoms with Crippen molar-refractivity contribution in [2.75, 3.05) is 20.7 Å². The zero-order valence-electron chi connectivity index (χ0n) is 30.7. The molecule has 50 heavy (non-hydrogen) atoms. The monoisotopic (exact) mass is 697 g/mol. The lowest BCUT2D eigenvalue weighted by Gasteiger charge is -2.55. The number of nitrogens with one attached hydrogen (secondary N) is 2. The van der Waals surface area contributed by atoms with Crippen molar-refractivity contribution in [3.63, 3.8) is 0 Å². The number of amides is 1. The molecule has 276 valence electrons. The fourth-order valence-corrected chi connectivity index (χ4v) is 7.14. The second-order valence-corrected chi connectivity index (χ2v) is 13.9. The average Bonchev–Trinajstić information content (AvgIpc) is 3.58. The minimum absolute atomic E-state index is 0.162. The number of carbonyl (C=O) groups excluding carboxylic acids is 3. The Morgan fingerprint density at radius 2 is 1.82 bits per heavy atom. The number of aryl methyl sites for hydroxylation is 1. The van der Waals surface area contributed by atoms with Crippen molar-refractivity contribution in [3.05, 3.63) is 78.1 Å². The molecular weight excluding hydrogens is 642 g/mol. The molecule has 0 radical (unpaired) electrons. The molecule has 1 amide bonds. The summed E-state index contributed by atoms with van der Waals surface area (Å²) in [5.74, 6) is -1.18. The number of cyclic esters (lactones) is 1. The number of likely N-dealkylation sites (N-methyl/N-ethyl adjacent to an activating group) is 1. The van der Waals surface area contributed by atoms with Crippen LogP contribution in [0.25, 0.3) is 0 Å². The summed E-state index contributed by atoms with van der Waals surface area (Å²) < 4.78 is 16.4. The molecule has 1 aliphatic carbocycles. The van der Waals surface area contributed by atoms with Crippen molar-refractivity contribution in [3.8, 4) is 0 Å². The largest absolute Gasteiger partial charge is 0.461 e. The predicted molar refractivity (Wildman–Crippen MR) is 189 cm³/mol. The van der Waals surface area contributed by atoms with Gasteiger partial charge in [0, 0.05) is 32.9 Å². The van der Waals surface area contributed by atoms with Crippen molar-refractivity contribution in [2.24, 2.45) is 22.7 Å². The highest BCUT2D eigenvalue weighted by Crippen LogP contribution is 2.59. The quantitative estimate of drug-likeness (QED) is 0.119. The number of hydrogen-bond acceptors (Lipinski definition) is 11. The summed E-state index contributed by atoms with van der Waals surface area (Å²) in [4.78, 5) is 43.1. The molecule has 2 heterocycles. The lowest BCUT2D eigenvalue weighted by Crippen LogP contribution is -2.75. The van der Waals surface area contributed by atoms with Crippen molar-refractivity contribution >= 4 is 17.7 Å². The van der Waals surface area contributed by atoms with Gasteiger partial charge in [0.25, 0.3) is 0 Å². The Balaban J connectivity index is 1.51. The van der Waals surface area contributed by atoms with Crippen LogP contribution < -0.4 is 10.6 Å². The van der Waals surface area contributed by atoms with Crippen LogP contribution in [0.4, 0.5) is 0 Å². The first-order chi connectivity index (χ1) is 23.5. The number of aliphatic hydroxyl groups is 3. The number of aromatic nitrogens is 1. The highest BCUT2D eigenvalue weighted by molar-refractivity contribution is 6.02. The van der Waals surface area contributed by atoms with Crippen LogP contribution in [0.1, 0.15) is 59.6 Å². The van der Waals surface area contributed by atoms with E-state index in [2.05, 4.69) is 15.6 Å². The third-order valence-corrected chi connectivity index (χ3v) is 10.3. The number of hydrogen-bond donors (Lipinski definition) is 5. The van der Waals surface area contributed by atoms with Gasteiger partial charge >= 0.3 is 5.97 Å². The fraction of sp³-hybridized carbons (Fsp3) is 0.579. The Kier molecular flexibility index (Phi) is 13.9. The van der Waals surface area contributed by atoms with E-state index in [1.807, 2.05) is 18.2 Å². The number of nitrogens with zero attached hydrogens (tertiary/aromatic N) is 1. The number of methoxy groups -OCH3 is 1. The number of esters is 1. The molecule has 12 nitrogen and oxygen atoms in total. The number of allylic oxidation sites excluding steroid dienone is 7. The normalized spacial score (nSPS) is 28.6. The number of carbonyl (C=O) groups is 3. The Labute approximate surface area is 295 Å². The van der Waals surface area contributed by atoms with Gasteiger partial charge in [-0.05, 0) is 52.7 Å². The molecule has 1 aromatic rings. The molecule has 1 saturated carbocycles. The minimum atomic E-state index is -1.85. The maximum absolute atomic E-state index is 13.2. The van der Waals surface area contributed by atoms with Gasteiger partial charge in [-0.1, -0.05) is 68.5 Å². The summed E-state index contributed by atoms with van der Waals surface area (Å²) in [5, 5.41) is 39.6. The number of ether oxygens (including phenoxy) is 2. The third kappa shape index (κ3) is 7.94. The molecule has 9 atom stereocenters. The molecule has 1 saturated heterocycles. The van der Waals surface area contributed by atoms with Crippen LogP contribution in [0.5, 0.6) is 0 Å². The fourth-order valence-electron chi connectivity index (χ4n) is 7.14. The molecule has 3 rings (SSSR count). The molecule has 12 heteroatoms. The van der Waals surface area contributed by atoms with Crippen LogP contribution in [0.2, 0.25) is 0 Å². The van der Waals surface area contributed by atoms with E-state index in [1.54, 1.807) is 98.2 Å². The smallest absolute Gasteiger partial charge is 0.321 e. The maximum Gasteiger partial charge on any atom is 0.321 e. The second-order valence-electron chi connectivity index (χ2n) is 13.9. The first kappa shape index (κ1) is 40.7. The highest BCUT2D eigenvalue weighted by atomic mass is 16.6. The third-order valence-electron chi connectivity index (χ3n) is 10.3. The lowest BCUT2D eigenvalue weighted by molar-refractivity contribution is -0.268. The SMILES string of the molecule is CNC1C(=O)C(C)C(O)(C(CC(C)C(O)C=CC=CCNC(=O)C(C)(C)C(O)C(C)=CC=CC=CCc2cnc(C)o2)OC)C12C(=O)OC2C. The molecule has 0 bridgehead atoms. The summed E-state index contributed by atoms with van der Waals surface area (Å²) in [7, 11) is 2.99. The summed E-state index contributed by atoms with van der Waals surface area (Å²) in [6, 6.07) is -0.923. The van der Waals surface area contributed by atoms with Crippen LogP contribution in [0.3, 0.4) is 0 Å². The first-order valence-corrected chi connectivity index (χ1v) is 17.1. The van der Waals surface area contributed by atoms with Crippen molar-refractivity contribution in [1.82, 2.24) is 15.6 Å². The number of rotatable bonds is 17. The van der Waals surface area contributed by atoms with E-state index in [-0.39, 0.29) is 24.7 Å². The zero-order chi connectivity index (χ0) is 37.4. The standard InChI is InChI=1S/C38H55N3O9/c1-23(17-13-10-11-14-18-28-22-41-27(5)50-28)33(44)36(6,7)34(45)40-20-16-12-15-19-29(42)24(2)21-30(48-9)38(47)25(3)31(43)32(39-8)37(38)26(4)49-35(37)46/h10-17,19,22,24-26,29-30,32-33,39,42,44,47H,18,20-21H2,1-9H3,(H,40,45). The van der Waals surface area contributed by atoms with Gasteiger partial charge < -0.3 is 39.8 Å². The van der Waals surface area contributed by atoms with Gasteiger partial charge in [-0.15, -0.1) is 0 Å². The van der Waals surface area contributed by atoms with Crippen molar-refractivity contribution in [2.45, 2.75) is 97.4 Å². The van der Waals surface area contributed by atoms with Crippen LogP contribution in [0, 0.1) is 29.6 Å². The number of ketones is 1. The molecule has 1 aliphatic heterocycles. The second kappa shape index (κ2) is 17.0. The number of oxazole rings is 1. The number of aliphatic hydroxyl groups excluding tert-OH is 2. The Morgan fingerprint density at radius 3 is 2.40 bits per heavy atom. The van der Waals surface area contributed by atoms with Gasteiger partial charge in [-0.2, -0.15) is 0 Å². The molecule has 9 unspecified atom stereocenters. The van der Waals surface area contributed by atoms with Gasteiger partial charge in [0.2, 0.25) is 5.91 Å². The van der Waals surface area contributed by atoms with Crippen LogP contribution in [-0.2, 0) is 30.3 Å². The van der Waals surface area contributed by atoms with Crippen molar-refractivity contribution in [1.29, 1.82) is 0 Å². The van der Waals surface area contributed by atoms with Gasteiger partial charge in [-0.3, -0.25) is 14.4 Å². The van der Waals surface area contributed by atoms with E-state index in [9.17, 15) is 29.7 Å². The van der Waals surface area contributed by atoms with Crippen LogP contribution in [-0.4, -0.2) is 94.7 Å². The van der Waals surface area contributed by atoms with Gasteiger partial charge in [-0.25, -0.2) is 4.98 Å². The molecule has 2 fully saturated rings. The topological polar surface area (TPSA) is 180 Å². The van der Waals surface area contributed by atoms with Crippen LogP contribution in [0.15, 0.2) is 70.9 Å². The van der Waals surface area contributed by atoms with E-state index >= 15 is 0 Å². The molecule has 5 N–H and O–H groups in total. The molecule has 1 aromatic heterocycles. The van der Waals surface area contributed by atoms with E-state index in [0.717, 1.165) is 5.76 Å². The highest BCUT2D eigenvalue weighted by Gasteiger charge is 2.81. The zero-order valence-corrected chi connectivity index (χ0v) is 30.7. The van der Waals surface area contributed by atoms with E-state index in [0.29, 0.717) is 17.9 Å².